The molecule has 3 aromatic rings. The van der Waals surface area contributed by atoms with Crippen molar-refractivity contribution in [1.82, 2.24) is 0 Å². The summed E-state index contributed by atoms with van der Waals surface area (Å²) in [5.74, 6) is -1.11. The molecule has 7 heteroatoms. The van der Waals surface area contributed by atoms with Crippen LogP contribution in [0.15, 0.2) is 44.4 Å². The molecule has 6 nitrogen and oxygen atoms in total. The van der Waals surface area contributed by atoms with Crippen molar-refractivity contribution in [1.29, 1.82) is 0 Å². The summed E-state index contributed by atoms with van der Waals surface area (Å²) < 4.78 is 29.0. The molecule has 0 amide bonds. The molecule has 0 aliphatic heterocycles. The number of benzene rings is 2. The van der Waals surface area contributed by atoms with Crippen LogP contribution in [0.25, 0.3) is 21.9 Å². The van der Waals surface area contributed by atoms with Crippen LogP contribution in [0, 0.1) is 0 Å². The Bertz CT molecular complexity index is 1160. The molecule has 0 spiro atoms. The Morgan fingerprint density at radius 2 is 1.88 bits per heavy atom. The highest BCUT2D eigenvalue weighted by Crippen LogP contribution is 2.26. The maximum Gasteiger partial charge on any atom is 0.335 e. The number of hydrogen-bond acceptors (Lipinski definition) is 5. The summed E-state index contributed by atoms with van der Waals surface area (Å²) in [4.78, 5) is 24.2. The number of fused-ring (bicyclic) bond motifs is 2. The second-order valence-electron chi connectivity index (χ2n) is 5.48. The summed E-state index contributed by atoms with van der Waals surface area (Å²) in [6.45, 7) is 1.76. The molecule has 0 unspecified atom stereocenters. The number of carboxylic acids is 1. The molecule has 2 aromatic carbocycles. The quantitative estimate of drug-likeness (QED) is 0.732. The smallest absolute Gasteiger partial charge is 0.335 e. The number of hydrogen-bond donors (Lipinski definition) is 1. The molecule has 1 aromatic heterocycles. The lowest BCUT2D eigenvalue weighted by Gasteiger charge is -2.09. The normalized spacial score (nSPS) is 11.9. The first-order valence-corrected chi connectivity index (χ1v) is 9.09. The Kier molecular flexibility index (Phi) is 3.68. The molecule has 124 valence electrons. The van der Waals surface area contributed by atoms with E-state index in [1.54, 1.807) is 6.92 Å². The second kappa shape index (κ2) is 5.45. The Hall–Kier alpha value is -2.67. The highest BCUT2D eigenvalue weighted by atomic mass is 32.2. The van der Waals surface area contributed by atoms with Crippen molar-refractivity contribution in [3.8, 4) is 0 Å². The van der Waals surface area contributed by atoms with Gasteiger partial charge in [-0.1, -0.05) is 6.92 Å². The molecular formula is C17H14O6S. The Morgan fingerprint density at radius 3 is 2.46 bits per heavy atom. The zero-order valence-corrected chi connectivity index (χ0v) is 13.8. The van der Waals surface area contributed by atoms with E-state index in [0.717, 1.165) is 6.26 Å². The van der Waals surface area contributed by atoms with Gasteiger partial charge in [-0.15, -0.1) is 0 Å². The molecule has 0 atom stereocenters. The minimum absolute atomic E-state index is 0.0513. The van der Waals surface area contributed by atoms with E-state index < -0.39 is 15.8 Å². The van der Waals surface area contributed by atoms with Gasteiger partial charge < -0.3 is 9.52 Å². The van der Waals surface area contributed by atoms with Gasteiger partial charge in [0, 0.05) is 12.3 Å². The molecule has 0 fully saturated rings. The number of aromatic carboxylic acids is 1. The number of sulfone groups is 1. The van der Waals surface area contributed by atoms with Crippen LogP contribution in [0.4, 0.5) is 0 Å². The van der Waals surface area contributed by atoms with E-state index in [1.165, 1.54) is 30.3 Å². The van der Waals surface area contributed by atoms with Crippen LogP contribution in [0.5, 0.6) is 0 Å². The van der Waals surface area contributed by atoms with Gasteiger partial charge in [0.25, 0.3) is 0 Å². The summed E-state index contributed by atoms with van der Waals surface area (Å²) in [5.41, 5.74) is 0.485. The zero-order valence-electron chi connectivity index (χ0n) is 13.0. The van der Waals surface area contributed by atoms with Crippen LogP contribution in [0.1, 0.15) is 22.8 Å². The third-order valence-electron chi connectivity index (χ3n) is 3.93. The predicted molar refractivity (Wildman–Crippen MR) is 89.4 cm³/mol. The first-order valence-electron chi connectivity index (χ1n) is 7.20. The fourth-order valence-corrected chi connectivity index (χ4v) is 3.42. The third kappa shape index (κ3) is 2.46. The minimum atomic E-state index is -3.43. The molecule has 3 rings (SSSR count). The number of carbonyl (C=O) groups is 1. The predicted octanol–water partition coefficient (Wildman–Crippen LogP) is 2.61. The summed E-state index contributed by atoms with van der Waals surface area (Å²) >= 11 is 0. The fourth-order valence-electron chi connectivity index (χ4n) is 2.79. The lowest BCUT2D eigenvalue weighted by Crippen LogP contribution is -2.10. The molecular weight excluding hydrogens is 332 g/mol. The van der Waals surface area contributed by atoms with Crippen LogP contribution in [0.3, 0.4) is 0 Å². The summed E-state index contributed by atoms with van der Waals surface area (Å²) in [6, 6.07) is 6.85. The fraction of sp³-hybridized carbons (Fsp3) is 0.176. The van der Waals surface area contributed by atoms with E-state index in [2.05, 4.69) is 0 Å². The summed E-state index contributed by atoms with van der Waals surface area (Å²) in [6.07, 6.45) is 1.43. The van der Waals surface area contributed by atoms with Crippen molar-refractivity contribution < 1.29 is 22.7 Å². The molecule has 0 saturated carbocycles. The van der Waals surface area contributed by atoms with Gasteiger partial charge in [-0.25, -0.2) is 13.2 Å². The number of aryl methyl sites for hydroxylation is 1. The van der Waals surface area contributed by atoms with Crippen molar-refractivity contribution in [3.63, 3.8) is 0 Å². The highest BCUT2D eigenvalue weighted by Gasteiger charge is 2.18. The molecule has 0 radical (unpaired) electrons. The van der Waals surface area contributed by atoms with Crippen LogP contribution >= 0.6 is 0 Å². The zero-order chi connectivity index (χ0) is 17.6. The SMILES string of the molecule is CCc1c(C(=O)O)ccc2oc3cc(S(C)(=O)=O)ccc3c(=O)c12. The van der Waals surface area contributed by atoms with Crippen molar-refractivity contribution in [2.75, 3.05) is 6.26 Å². The van der Waals surface area contributed by atoms with Crippen molar-refractivity contribution in [3.05, 3.63) is 51.7 Å². The van der Waals surface area contributed by atoms with Gasteiger partial charge in [0.05, 0.1) is 21.2 Å². The van der Waals surface area contributed by atoms with Crippen LogP contribution < -0.4 is 5.43 Å². The maximum absolute atomic E-state index is 12.8. The van der Waals surface area contributed by atoms with Crippen molar-refractivity contribution in [2.24, 2.45) is 0 Å². The lowest BCUT2D eigenvalue weighted by atomic mass is 9.99. The van der Waals surface area contributed by atoms with Gasteiger partial charge in [0.15, 0.2) is 9.84 Å². The van der Waals surface area contributed by atoms with Crippen molar-refractivity contribution in [2.45, 2.75) is 18.2 Å². The minimum Gasteiger partial charge on any atom is -0.478 e. The molecule has 24 heavy (non-hydrogen) atoms. The van der Waals surface area contributed by atoms with E-state index in [1.807, 2.05) is 0 Å². The first kappa shape index (κ1) is 16.2. The largest absolute Gasteiger partial charge is 0.478 e. The number of carboxylic acid groups (broad SMARTS) is 1. The van der Waals surface area contributed by atoms with Crippen molar-refractivity contribution >= 4 is 37.7 Å². The van der Waals surface area contributed by atoms with E-state index in [-0.39, 0.29) is 37.8 Å². The van der Waals surface area contributed by atoms with E-state index in [0.29, 0.717) is 12.0 Å². The van der Waals surface area contributed by atoms with Gasteiger partial charge in [-0.05, 0) is 36.2 Å². The maximum atomic E-state index is 12.8. The van der Waals surface area contributed by atoms with Gasteiger partial charge >= 0.3 is 5.97 Å². The van der Waals surface area contributed by atoms with Crippen LogP contribution in [-0.2, 0) is 16.3 Å². The van der Waals surface area contributed by atoms with E-state index in [4.69, 9.17) is 4.42 Å². The average molecular weight is 346 g/mol. The molecule has 0 saturated heterocycles. The van der Waals surface area contributed by atoms with Gasteiger partial charge in [0.1, 0.15) is 11.2 Å². The highest BCUT2D eigenvalue weighted by molar-refractivity contribution is 7.90. The monoisotopic (exact) mass is 346 g/mol. The Morgan fingerprint density at radius 1 is 1.17 bits per heavy atom. The molecule has 0 aliphatic carbocycles. The molecule has 1 N–H and O–H groups in total. The van der Waals surface area contributed by atoms with E-state index in [9.17, 15) is 23.1 Å². The standard InChI is InChI=1S/C17H14O6S/c1-3-10-11(17(19)20)6-7-13-15(10)16(18)12-5-4-9(24(2,21)22)8-14(12)23-13/h4-8H,3H2,1-2H3,(H,19,20). The topological polar surface area (TPSA) is 102 Å². The third-order valence-corrected chi connectivity index (χ3v) is 5.04. The first-order chi connectivity index (χ1) is 11.2. The summed E-state index contributed by atoms with van der Waals surface area (Å²) in [7, 11) is -3.43. The Labute approximate surface area is 137 Å². The molecule has 1 heterocycles. The van der Waals surface area contributed by atoms with Gasteiger partial charge in [-0.3, -0.25) is 4.79 Å². The molecule has 0 bridgehead atoms. The molecule has 0 aliphatic rings. The van der Waals surface area contributed by atoms with E-state index >= 15 is 0 Å². The summed E-state index contributed by atoms with van der Waals surface area (Å²) in [5, 5.41) is 9.72. The second-order valence-corrected chi connectivity index (χ2v) is 7.50. The Balaban J connectivity index is 2.48. The number of rotatable bonds is 3. The van der Waals surface area contributed by atoms with Crippen LogP contribution in [-0.4, -0.2) is 25.7 Å². The van der Waals surface area contributed by atoms with Gasteiger partial charge in [0.2, 0.25) is 5.43 Å². The van der Waals surface area contributed by atoms with Crippen LogP contribution in [0.2, 0.25) is 0 Å². The average Bonchev–Trinajstić information content (AvgIpc) is 2.52. The van der Waals surface area contributed by atoms with Gasteiger partial charge in [-0.2, -0.15) is 0 Å². The lowest BCUT2D eigenvalue weighted by molar-refractivity contribution is 0.0696.